The van der Waals surface area contributed by atoms with Crippen LogP contribution < -0.4 is 5.32 Å². The summed E-state index contributed by atoms with van der Waals surface area (Å²) in [6.07, 6.45) is 0. The molecule has 2 rings (SSSR count). The van der Waals surface area contributed by atoms with Gasteiger partial charge >= 0.3 is 0 Å². The Balaban J connectivity index is 2.46. The number of nitrogens with zero attached hydrogens (tertiary/aromatic N) is 4. The molecule has 0 aliphatic rings. The van der Waals surface area contributed by atoms with Crippen LogP contribution in [-0.2, 0) is 6.54 Å². The molecule has 1 aromatic heterocycles. The number of tetrazole rings is 1. The van der Waals surface area contributed by atoms with Gasteiger partial charge in [0.05, 0.1) is 16.6 Å². The van der Waals surface area contributed by atoms with Crippen molar-refractivity contribution in [3.05, 3.63) is 32.5 Å². The van der Waals surface area contributed by atoms with Crippen LogP contribution in [0, 0.1) is 0 Å². The van der Waals surface area contributed by atoms with Crippen LogP contribution in [0.2, 0.25) is 10.0 Å². The molecule has 2 aromatic rings. The van der Waals surface area contributed by atoms with Crippen LogP contribution in [0.15, 0.2) is 16.6 Å². The number of aromatic nitrogens is 4. The number of rotatable bonds is 4. The molecule has 1 heterocycles. The zero-order chi connectivity index (χ0) is 13.1. The van der Waals surface area contributed by atoms with Gasteiger partial charge in [0.2, 0.25) is 0 Å². The first-order valence-corrected chi connectivity index (χ1v) is 6.81. The van der Waals surface area contributed by atoms with Gasteiger partial charge in [-0.05, 0) is 29.1 Å². The lowest BCUT2D eigenvalue weighted by Crippen LogP contribution is -2.16. The summed E-state index contributed by atoms with van der Waals surface area (Å²) in [6.45, 7) is 3.38. The monoisotopic (exact) mass is 349 g/mol. The Labute approximate surface area is 123 Å². The second-order valence-electron chi connectivity index (χ2n) is 3.51. The fourth-order valence-corrected chi connectivity index (χ4v) is 2.83. The molecule has 0 spiro atoms. The van der Waals surface area contributed by atoms with Crippen molar-refractivity contribution in [2.75, 3.05) is 6.54 Å². The van der Waals surface area contributed by atoms with Gasteiger partial charge in [-0.25, -0.2) is 0 Å². The molecule has 0 atom stereocenters. The summed E-state index contributed by atoms with van der Waals surface area (Å²) in [4.78, 5) is 0. The second kappa shape index (κ2) is 5.97. The summed E-state index contributed by atoms with van der Waals surface area (Å²) in [5.41, 5.74) is 0.583. The van der Waals surface area contributed by atoms with Gasteiger partial charge in [-0.2, -0.15) is 4.68 Å². The van der Waals surface area contributed by atoms with Crippen molar-refractivity contribution >= 4 is 39.1 Å². The summed E-state index contributed by atoms with van der Waals surface area (Å²) in [7, 11) is 0. The van der Waals surface area contributed by atoms with E-state index in [1.165, 1.54) is 0 Å². The molecule has 18 heavy (non-hydrogen) atoms. The van der Waals surface area contributed by atoms with Crippen molar-refractivity contribution in [1.29, 1.82) is 0 Å². The van der Waals surface area contributed by atoms with Gasteiger partial charge in [-0.3, -0.25) is 0 Å². The standard InChI is InChI=1S/C10H10BrCl2N5/c1-2-14-5-9-15-16-17-18(9)10-7(12)3-6(11)4-8(10)13/h3-4,14H,2,5H2,1H3. The summed E-state index contributed by atoms with van der Waals surface area (Å²) in [6, 6.07) is 3.50. The van der Waals surface area contributed by atoms with Gasteiger partial charge in [-0.15, -0.1) is 5.10 Å². The second-order valence-corrected chi connectivity index (χ2v) is 5.24. The third-order valence-corrected chi connectivity index (χ3v) is 3.29. The van der Waals surface area contributed by atoms with Crippen molar-refractivity contribution < 1.29 is 0 Å². The first kappa shape index (κ1) is 13.7. The van der Waals surface area contributed by atoms with Gasteiger partial charge in [0.1, 0.15) is 5.69 Å². The summed E-state index contributed by atoms with van der Waals surface area (Å²) in [5.74, 6) is 0.656. The summed E-state index contributed by atoms with van der Waals surface area (Å²) >= 11 is 15.7. The van der Waals surface area contributed by atoms with E-state index in [-0.39, 0.29) is 0 Å². The maximum atomic E-state index is 6.18. The summed E-state index contributed by atoms with van der Waals surface area (Å²) in [5, 5.41) is 15.6. The van der Waals surface area contributed by atoms with Crippen LogP contribution in [0.25, 0.3) is 5.69 Å². The van der Waals surface area contributed by atoms with E-state index in [1.807, 2.05) is 6.92 Å². The number of hydrogen-bond donors (Lipinski definition) is 1. The number of halogens is 3. The molecule has 0 amide bonds. The van der Waals surface area contributed by atoms with E-state index in [2.05, 4.69) is 36.8 Å². The minimum Gasteiger partial charge on any atom is -0.310 e. The van der Waals surface area contributed by atoms with Gasteiger partial charge in [0.15, 0.2) is 5.82 Å². The van der Waals surface area contributed by atoms with Crippen molar-refractivity contribution in [2.45, 2.75) is 13.5 Å². The van der Waals surface area contributed by atoms with Crippen LogP contribution in [0.5, 0.6) is 0 Å². The normalized spacial score (nSPS) is 10.9. The Morgan fingerprint density at radius 1 is 1.33 bits per heavy atom. The molecular weight excluding hydrogens is 341 g/mol. The maximum absolute atomic E-state index is 6.18. The van der Waals surface area contributed by atoms with E-state index in [9.17, 15) is 0 Å². The average molecular weight is 351 g/mol. The predicted octanol–water partition coefficient (Wildman–Crippen LogP) is 2.84. The highest BCUT2D eigenvalue weighted by Gasteiger charge is 2.15. The Morgan fingerprint density at radius 2 is 2.00 bits per heavy atom. The minimum absolute atomic E-state index is 0.486. The van der Waals surface area contributed by atoms with Crippen molar-refractivity contribution in [1.82, 2.24) is 25.5 Å². The van der Waals surface area contributed by atoms with Crippen molar-refractivity contribution in [3.8, 4) is 5.69 Å². The largest absolute Gasteiger partial charge is 0.310 e. The fourth-order valence-electron chi connectivity index (χ4n) is 1.46. The molecule has 0 saturated carbocycles. The van der Waals surface area contributed by atoms with Gasteiger partial charge < -0.3 is 5.32 Å². The zero-order valence-corrected chi connectivity index (χ0v) is 12.6. The van der Waals surface area contributed by atoms with Crippen LogP contribution in [-0.4, -0.2) is 26.8 Å². The van der Waals surface area contributed by atoms with Crippen LogP contribution >= 0.6 is 39.1 Å². The molecule has 8 heteroatoms. The maximum Gasteiger partial charge on any atom is 0.170 e. The number of nitrogens with one attached hydrogen (secondary N) is 1. The molecule has 0 unspecified atom stereocenters. The highest BCUT2D eigenvalue weighted by Crippen LogP contribution is 2.32. The van der Waals surface area contributed by atoms with E-state index in [4.69, 9.17) is 23.2 Å². The molecule has 1 aromatic carbocycles. The topological polar surface area (TPSA) is 55.6 Å². The molecule has 96 valence electrons. The Bertz CT molecular complexity index is 534. The quantitative estimate of drug-likeness (QED) is 0.921. The molecule has 1 N–H and O–H groups in total. The van der Waals surface area contributed by atoms with Crippen LogP contribution in [0.4, 0.5) is 0 Å². The molecule has 0 aliphatic carbocycles. The zero-order valence-electron chi connectivity index (χ0n) is 9.49. The van der Waals surface area contributed by atoms with Gasteiger partial charge in [-0.1, -0.05) is 46.1 Å². The van der Waals surface area contributed by atoms with E-state index in [0.29, 0.717) is 28.1 Å². The number of benzene rings is 1. The Kier molecular flexibility index (Phi) is 4.55. The van der Waals surface area contributed by atoms with Gasteiger partial charge in [0.25, 0.3) is 0 Å². The van der Waals surface area contributed by atoms with E-state index in [1.54, 1.807) is 16.8 Å². The Morgan fingerprint density at radius 3 is 2.61 bits per heavy atom. The number of hydrogen-bond acceptors (Lipinski definition) is 4. The third-order valence-electron chi connectivity index (χ3n) is 2.26. The van der Waals surface area contributed by atoms with E-state index >= 15 is 0 Å². The molecule has 0 bridgehead atoms. The molecule has 0 saturated heterocycles. The minimum atomic E-state index is 0.486. The first-order chi connectivity index (χ1) is 8.63. The molecular formula is C10H10BrCl2N5. The smallest absolute Gasteiger partial charge is 0.170 e. The van der Waals surface area contributed by atoms with Crippen LogP contribution in [0.3, 0.4) is 0 Å². The highest BCUT2D eigenvalue weighted by molar-refractivity contribution is 9.10. The first-order valence-electron chi connectivity index (χ1n) is 5.26. The molecule has 0 radical (unpaired) electrons. The lowest BCUT2D eigenvalue weighted by molar-refractivity contribution is 0.664. The molecule has 0 aliphatic heterocycles. The highest BCUT2D eigenvalue weighted by atomic mass is 79.9. The van der Waals surface area contributed by atoms with Gasteiger partial charge in [0, 0.05) is 4.47 Å². The Hall–Kier alpha value is -0.690. The third kappa shape index (κ3) is 2.83. The van der Waals surface area contributed by atoms with E-state index < -0.39 is 0 Å². The van der Waals surface area contributed by atoms with Crippen LogP contribution in [0.1, 0.15) is 12.7 Å². The molecule has 5 nitrogen and oxygen atoms in total. The summed E-state index contributed by atoms with van der Waals surface area (Å²) < 4.78 is 2.35. The SMILES string of the molecule is CCNCc1nnnn1-c1c(Cl)cc(Br)cc1Cl. The van der Waals surface area contributed by atoms with Crippen molar-refractivity contribution in [2.24, 2.45) is 0 Å². The fraction of sp³-hybridized carbons (Fsp3) is 0.300. The lowest BCUT2D eigenvalue weighted by atomic mass is 10.3. The average Bonchev–Trinajstić information content (AvgIpc) is 2.73. The van der Waals surface area contributed by atoms with Crippen molar-refractivity contribution in [3.63, 3.8) is 0 Å². The lowest BCUT2D eigenvalue weighted by Gasteiger charge is -2.09. The van der Waals surface area contributed by atoms with E-state index in [0.717, 1.165) is 11.0 Å². The predicted molar refractivity (Wildman–Crippen MR) is 74.3 cm³/mol. The molecule has 0 fully saturated rings.